The third-order valence-corrected chi connectivity index (χ3v) is 7.15. The summed E-state index contributed by atoms with van der Waals surface area (Å²) in [6.07, 6.45) is 0. The minimum atomic E-state index is -0.516. The zero-order valence-corrected chi connectivity index (χ0v) is 18.6. The Morgan fingerprint density at radius 1 is 0.500 bits per heavy atom. The first kappa shape index (κ1) is 22.0. The Bertz CT molecular complexity index is 1010. The summed E-state index contributed by atoms with van der Waals surface area (Å²) in [7, 11) is -0.516. The van der Waals surface area contributed by atoms with Gasteiger partial charge in [0.15, 0.2) is 0 Å². The van der Waals surface area contributed by atoms with Gasteiger partial charge in [-0.1, -0.05) is 78.4 Å². The Balaban J connectivity index is 0.000000376. The monoisotopic (exact) mass is 446 g/mol. The van der Waals surface area contributed by atoms with Crippen molar-refractivity contribution in [3.63, 3.8) is 0 Å². The van der Waals surface area contributed by atoms with Crippen molar-refractivity contribution in [2.45, 2.75) is 0 Å². The van der Waals surface area contributed by atoms with E-state index in [9.17, 15) is 0 Å². The van der Waals surface area contributed by atoms with Crippen LogP contribution in [0.25, 0.3) is 11.1 Å². The van der Waals surface area contributed by atoms with Crippen molar-refractivity contribution in [1.29, 1.82) is 0 Å². The molecule has 0 aliphatic carbocycles. The van der Waals surface area contributed by atoms with Crippen LogP contribution >= 0.6 is 7.92 Å². The number of benzene rings is 3. The van der Waals surface area contributed by atoms with Crippen molar-refractivity contribution in [2.24, 2.45) is 0 Å². The SMILES string of the molecule is [Fe+2].c1cc[cH-]c1.c1ccc(P(c2ccccc2)c2ccc(-[c-]3cccc3)cc2)cc1. The maximum absolute atomic E-state index is 2.29. The van der Waals surface area contributed by atoms with Gasteiger partial charge >= 0.3 is 17.1 Å². The molecule has 5 aromatic rings. The van der Waals surface area contributed by atoms with E-state index in [2.05, 4.69) is 109 Å². The molecule has 0 saturated heterocycles. The summed E-state index contributed by atoms with van der Waals surface area (Å²) >= 11 is 0. The molecule has 0 aliphatic heterocycles. The normalized spacial score (nSPS) is 10.0. The van der Waals surface area contributed by atoms with Crippen LogP contribution in [-0.4, -0.2) is 0 Å². The van der Waals surface area contributed by atoms with Gasteiger partial charge in [-0.25, -0.2) is 12.1 Å². The summed E-state index contributed by atoms with van der Waals surface area (Å²) in [5, 5.41) is 4.16. The van der Waals surface area contributed by atoms with E-state index in [1.807, 2.05) is 30.3 Å². The Morgan fingerprint density at radius 3 is 1.40 bits per heavy atom. The number of hydrogen-bond acceptors (Lipinski definition) is 0. The van der Waals surface area contributed by atoms with Crippen LogP contribution in [0.2, 0.25) is 0 Å². The van der Waals surface area contributed by atoms with Crippen molar-refractivity contribution in [1.82, 2.24) is 0 Å². The van der Waals surface area contributed by atoms with Gasteiger partial charge < -0.3 is 0 Å². The predicted molar refractivity (Wildman–Crippen MR) is 128 cm³/mol. The molecule has 0 aromatic heterocycles. The first-order valence-electron chi connectivity index (χ1n) is 9.81. The molecule has 0 aliphatic rings. The summed E-state index contributed by atoms with van der Waals surface area (Å²) in [6.45, 7) is 0. The van der Waals surface area contributed by atoms with E-state index in [0.717, 1.165) is 0 Å². The van der Waals surface area contributed by atoms with Gasteiger partial charge in [0.1, 0.15) is 0 Å². The summed E-state index contributed by atoms with van der Waals surface area (Å²) in [5.41, 5.74) is 2.56. The van der Waals surface area contributed by atoms with E-state index in [0.29, 0.717) is 0 Å². The predicted octanol–water partition coefficient (Wildman–Crippen LogP) is 6.23. The minimum Gasteiger partial charge on any atom is -0.214 e. The average Bonchev–Trinajstić information content (AvgIpc) is 3.53. The van der Waals surface area contributed by atoms with Crippen LogP contribution in [0.1, 0.15) is 0 Å². The summed E-state index contributed by atoms with van der Waals surface area (Å²) in [5.74, 6) is 0. The van der Waals surface area contributed by atoms with E-state index in [1.54, 1.807) is 0 Å². The Hall–Kier alpha value is -2.69. The maximum Gasteiger partial charge on any atom is 2.00 e. The molecule has 0 bridgehead atoms. The van der Waals surface area contributed by atoms with Crippen molar-refractivity contribution in [2.75, 3.05) is 0 Å². The molecule has 0 N–H and O–H groups in total. The first-order valence-corrected chi connectivity index (χ1v) is 11.1. The third kappa shape index (κ3) is 5.68. The largest absolute Gasteiger partial charge is 2.00 e. The average molecular weight is 446 g/mol. The minimum absolute atomic E-state index is 0. The van der Waals surface area contributed by atoms with Crippen LogP contribution in [0.3, 0.4) is 0 Å². The smallest absolute Gasteiger partial charge is 0.214 e. The molecule has 30 heavy (non-hydrogen) atoms. The fourth-order valence-corrected chi connectivity index (χ4v) is 5.57. The van der Waals surface area contributed by atoms with Gasteiger partial charge in [-0.3, -0.25) is 0 Å². The van der Waals surface area contributed by atoms with E-state index < -0.39 is 7.92 Å². The van der Waals surface area contributed by atoms with Crippen molar-refractivity contribution < 1.29 is 17.1 Å². The molecule has 0 amide bonds. The van der Waals surface area contributed by atoms with Gasteiger partial charge in [0.05, 0.1) is 0 Å². The molecule has 5 aromatic carbocycles. The Morgan fingerprint density at radius 2 is 0.967 bits per heavy atom. The number of hydrogen-bond donors (Lipinski definition) is 0. The van der Waals surface area contributed by atoms with Gasteiger partial charge in [-0.05, 0) is 23.8 Å². The van der Waals surface area contributed by atoms with Crippen LogP contribution in [0.15, 0.2) is 140 Å². The third-order valence-electron chi connectivity index (χ3n) is 4.71. The van der Waals surface area contributed by atoms with E-state index in [4.69, 9.17) is 0 Å². The quantitative estimate of drug-likeness (QED) is 0.174. The van der Waals surface area contributed by atoms with Gasteiger partial charge in [-0.15, -0.1) is 29.8 Å². The molecule has 0 atom stereocenters. The standard InChI is InChI=1S/C23H18P.C5H5.Fe/c1-3-11-21(12-4-1)24(22-13-5-2-6-14-22)23-17-15-20(16-18-23)19-9-7-8-10-19;1-2-4-5-3-1;/h1-18H;1-5H;/q2*-1;+2. The van der Waals surface area contributed by atoms with Crippen LogP contribution < -0.4 is 15.9 Å². The second-order valence-corrected chi connectivity index (χ2v) is 8.91. The van der Waals surface area contributed by atoms with Crippen molar-refractivity contribution >= 4 is 23.8 Å². The van der Waals surface area contributed by atoms with Gasteiger partial charge in [0, 0.05) is 0 Å². The molecular weight excluding hydrogens is 423 g/mol. The fourth-order valence-electron chi connectivity index (χ4n) is 3.29. The molecular formula is C28H23FeP. The molecule has 148 valence electrons. The second kappa shape index (κ2) is 11.5. The molecule has 0 radical (unpaired) electrons. The van der Waals surface area contributed by atoms with E-state index >= 15 is 0 Å². The Kier molecular flexibility index (Phi) is 8.42. The molecule has 2 heteroatoms. The number of rotatable bonds is 4. The fraction of sp³-hybridized carbons (Fsp3) is 0. The van der Waals surface area contributed by atoms with E-state index in [-0.39, 0.29) is 17.1 Å². The molecule has 5 rings (SSSR count). The Labute approximate surface area is 191 Å². The van der Waals surface area contributed by atoms with Crippen LogP contribution in [-0.2, 0) is 17.1 Å². The van der Waals surface area contributed by atoms with E-state index in [1.165, 1.54) is 27.0 Å². The molecule has 0 heterocycles. The molecule has 0 nitrogen and oxygen atoms in total. The molecule has 0 unspecified atom stereocenters. The van der Waals surface area contributed by atoms with Crippen molar-refractivity contribution in [3.05, 3.63) is 140 Å². The van der Waals surface area contributed by atoms with Gasteiger partial charge in [0.2, 0.25) is 0 Å². The van der Waals surface area contributed by atoms with Crippen LogP contribution in [0.5, 0.6) is 0 Å². The second-order valence-electron chi connectivity index (χ2n) is 6.69. The molecule has 0 spiro atoms. The van der Waals surface area contributed by atoms with Crippen LogP contribution in [0, 0.1) is 0 Å². The zero-order chi connectivity index (χ0) is 19.7. The van der Waals surface area contributed by atoms with Gasteiger partial charge in [0.25, 0.3) is 0 Å². The summed E-state index contributed by atoms with van der Waals surface area (Å²) < 4.78 is 0. The molecule has 0 fully saturated rings. The van der Waals surface area contributed by atoms with Crippen LogP contribution in [0.4, 0.5) is 0 Å². The van der Waals surface area contributed by atoms with Crippen molar-refractivity contribution in [3.8, 4) is 11.1 Å². The maximum atomic E-state index is 2.29. The van der Waals surface area contributed by atoms with Gasteiger partial charge in [-0.2, -0.15) is 30.3 Å². The topological polar surface area (TPSA) is 0 Å². The summed E-state index contributed by atoms with van der Waals surface area (Å²) in [6, 6.07) is 49.2. The summed E-state index contributed by atoms with van der Waals surface area (Å²) in [4.78, 5) is 0. The zero-order valence-electron chi connectivity index (χ0n) is 16.6. The first-order chi connectivity index (χ1) is 14.4. The molecule has 0 saturated carbocycles.